The van der Waals surface area contributed by atoms with Gasteiger partial charge in [0.05, 0.1) is 16.9 Å². The van der Waals surface area contributed by atoms with E-state index in [2.05, 4.69) is 32.2 Å². The number of halogens is 1. The van der Waals surface area contributed by atoms with Crippen molar-refractivity contribution in [3.63, 3.8) is 0 Å². The summed E-state index contributed by atoms with van der Waals surface area (Å²) in [6, 6.07) is 15.7. The Morgan fingerprint density at radius 1 is 1.14 bits per heavy atom. The highest BCUT2D eigenvalue weighted by molar-refractivity contribution is 6.30. The number of aryl methyl sites for hydroxylation is 2. The molecule has 0 unspecified atom stereocenters. The summed E-state index contributed by atoms with van der Waals surface area (Å²) in [6.07, 6.45) is 3.33. The largest absolute Gasteiger partial charge is 0.318 e. The van der Waals surface area contributed by atoms with Crippen LogP contribution in [0.15, 0.2) is 59.8 Å². The molecule has 146 valence electrons. The molecule has 1 amide bonds. The minimum absolute atomic E-state index is 0.342. The number of hydrazone groups is 1. The van der Waals surface area contributed by atoms with Crippen molar-refractivity contribution in [1.29, 1.82) is 0 Å². The lowest BCUT2D eigenvalue weighted by atomic mass is 10.2. The van der Waals surface area contributed by atoms with E-state index in [4.69, 9.17) is 11.6 Å². The highest BCUT2D eigenvalue weighted by atomic mass is 35.5. The first-order chi connectivity index (χ1) is 14.0. The standard InChI is InChI=1S/C22H20ClN5O/c1-14-11-17(16(3)28(14)19-7-5-4-6-8-19)12-24-26-22(29)21-15(2)25-20-10-9-18(23)13-27(20)21/h4-13H,1-3H3,(H,26,29)/b24-12-. The Balaban J connectivity index is 1.58. The van der Waals surface area contributed by atoms with Crippen molar-refractivity contribution in [2.75, 3.05) is 0 Å². The summed E-state index contributed by atoms with van der Waals surface area (Å²) < 4.78 is 3.82. The molecule has 0 radical (unpaired) electrons. The molecule has 6 nitrogen and oxygen atoms in total. The van der Waals surface area contributed by atoms with Crippen LogP contribution >= 0.6 is 11.6 Å². The summed E-state index contributed by atoms with van der Waals surface area (Å²) >= 11 is 6.06. The molecule has 4 rings (SSSR count). The van der Waals surface area contributed by atoms with Crippen LogP contribution in [-0.4, -0.2) is 26.1 Å². The molecule has 0 bridgehead atoms. The van der Waals surface area contributed by atoms with E-state index in [0.717, 1.165) is 22.6 Å². The lowest BCUT2D eigenvalue weighted by Crippen LogP contribution is -2.20. The van der Waals surface area contributed by atoms with Gasteiger partial charge in [-0.05, 0) is 51.1 Å². The molecule has 29 heavy (non-hydrogen) atoms. The van der Waals surface area contributed by atoms with Gasteiger partial charge in [0.1, 0.15) is 11.3 Å². The van der Waals surface area contributed by atoms with E-state index in [1.165, 1.54) is 0 Å². The lowest BCUT2D eigenvalue weighted by molar-refractivity contribution is 0.0948. The van der Waals surface area contributed by atoms with Crippen molar-refractivity contribution in [1.82, 2.24) is 19.4 Å². The molecule has 1 N–H and O–H groups in total. The van der Waals surface area contributed by atoms with E-state index in [-0.39, 0.29) is 5.91 Å². The van der Waals surface area contributed by atoms with Gasteiger partial charge in [-0.1, -0.05) is 29.8 Å². The Bertz CT molecular complexity index is 1240. The minimum atomic E-state index is -0.342. The van der Waals surface area contributed by atoms with Crippen LogP contribution in [0.2, 0.25) is 5.02 Å². The molecule has 3 heterocycles. The molecule has 0 fully saturated rings. The molecule has 3 aromatic heterocycles. The van der Waals surface area contributed by atoms with Crippen LogP contribution in [0, 0.1) is 20.8 Å². The third kappa shape index (κ3) is 3.54. The Morgan fingerprint density at radius 3 is 2.66 bits per heavy atom. The number of imidazole rings is 1. The monoisotopic (exact) mass is 405 g/mol. The summed E-state index contributed by atoms with van der Waals surface area (Å²) in [5.74, 6) is -0.342. The van der Waals surface area contributed by atoms with Gasteiger partial charge in [0, 0.05) is 28.8 Å². The van der Waals surface area contributed by atoms with Gasteiger partial charge < -0.3 is 4.57 Å². The number of fused-ring (bicyclic) bond motifs is 1. The SMILES string of the molecule is Cc1nc2ccc(Cl)cn2c1C(=O)N/N=C\c1cc(C)n(-c2ccccc2)c1C. The summed E-state index contributed by atoms with van der Waals surface area (Å²) in [4.78, 5) is 17.1. The molecule has 0 atom stereocenters. The predicted molar refractivity (Wildman–Crippen MR) is 115 cm³/mol. The second-order valence-corrected chi connectivity index (χ2v) is 7.25. The van der Waals surface area contributed by atoms with E-state index < -0.39 is 0 Å². The molecular weight excluding hydrogens is 386 g/mol. The van der Waals surface area contributed by atoms with Gasteiger partial charge in [-0.2, -0.15) is 5.10 Å². The Kier molecular flexibility index (Phi) is 4.94. The number of aromatic nitrogens is 3. The van der Waals surface area contributed by atoms with E-state index in [9.17, 15) is 4.79 Å². The topological polar surface area (TPSA) is 63.7 Å². The smallest absolute Gasteiger partial charge is 0.290 e. The number of carbonyl (C=O) groups excluding carboxylic acids is 1. The van der Waals surface area contributed by atoms with Crippen LogP contribution in [0.3, 0.4) is 0 Å². The molecule has 0 spiro atoms. The van der Waals surface area contributed by atoms with Crippen LogP contribution in [-0.2, 0) is 0 Å². The number of benzene rings is 1. The van der Waals surface area contributed by atoms with Gasteiger partial charge in [0.25, 0.3) is 5.91 Å². The molecule has 1 aromatic carbocycles. The molecule has 0 aliphatic rings. The number of carbonyl (C=O) groups is 1. The molecule has 7 heteroatoms. The third-order valence-corrected chi connectivity index (χ3v) is 5.05. The summed E-state index contributed by atoms with van der Waals surface area (Å²) in [7, 11) is 0. The maximum Gasteiger partial charge on any atom is 0.290 e. The highest BCUT2D eigenvalue weighted by Gasteiger charge is 2.16. The van der Waals surface area contributed by atoms with Crippen molar-refractivity contribution in [3.05, 3.63) is 88.1 Å². The van der Waals surface area contributed by atoms with Crippen molar-refractivity contribution in [2.24, 2.45) is 5.10 Å². The molecule has 4 aromatic rings. The number of rotatable bonds is 4. The highest BCUT2D eigenvalue weighted by Crippen LogP contribution is 2.19. The fraction of sp³-hybridized carbons (Fsp3) is 0.136. The first-order valence-electron chi connectivity index (χ1n) is 9.17. The molecule has 0 saturated carbocycles. The second-order valence-electron chi connectivity index (χ2n) is 6.82. The maximum absolute atomic E-state index is 12.7. The first-order valence-corrected chi connectivity index (χ1v) is 9.55. The molecule has 0 aliphatic heterocycles. The summed E-state index contributed by atoms with van der Waals surface area (Å²) in [6.45, 7) is 5.86. The van der Waals surface area contributed by atoms with E-state index in [1.807, 2.05) is 38.1 Å². The van der Waals surface area contributed by atoms with Crippen LogP contribution < -0.4 is 5.43 Å². The Morgan fingerprint density at radius 2 is 1.90 bits per heavy atom. The number of nitrogens with one attached hydrogen (secondary N) is 1. The van der Waals surface area contributed by atoms with Crippen LogP contribution in [0.4, 0.5) is 0 Å². The Hall–Kier alpha value is -3.38. The number of para-hydroxylation sites is 1. The van der Waals surface area contributed by atoms with E-state index in [1.54, 1.807) is 35.9 Å². The molecule has 0 saturated heterocycles. The summed E-state index contributed by atoms with van der Waals surface area (Å²) in [5.41, 5.74) is 8.44. The van der Waals surface area contributed by atoms with Gasteiger partial charge >= 0.3 is 0 Å². The van der Waals surface area contributed by atoms with E-state index >= 15 is 0 Å². The van der Waals surface area contributed by atoms with E-state index in [0.29, 0.717) is 22.1 Å². The van der Waals surface area contributed by atoms with Crippen molar-refractivity contribution in [3.8, 4) is 5.69 Å². The molecule has 0 aliphatic carbocycles. The van der Waals surface area contributed by atoms with Crippen molar-refractivity contribution >= 4 is 29.4 Å². The van der Waals surface area contributed by atoms with Crippen molar-refractivity contribution in [2.45, 2.75) is 20.8 Å². The fourth-order valence-electron chi connectivity index (χ4n) is 3.52. The zero-order chi connectivity index (χ0) is 20.5. The van der Waals surface area contributed by atoms with Gasteiger partial charge in [-0.3, -0.25) is 9.20 Å². The third-order valence-electron chi connectivity index (χ3n) is 4.83. The van der Waals surface area contributed by atoms with Gasteiger partial charge in [-0.15, -0.1) is 0 Å². The number of pyridine rings is 1. The zero-order valence-electron chi connectivity index (χ0n) is 16.3. The number of nitrogens with zero attached hydrogens (tertiary/aromatic N) is 4. The quantitative estimate of drug-likeness (QED) is 0.402. The maximum atomic E-state index is 12.7. The predicted octanol–water partition coefficient (Wildman–Crippen LogP) is 4.47. The van der Waals surface area contributed by atoms with Crippen molar-refractivity contribution < 1.29 is 4.79 Å². The molecular formula is C22H20ClN5O. The van der Waals surface area contributed by atoms with Gasteiger partial charge in [0.15, 0.2) is 0 Å². The lowest BCUT2D eigenvalue weighted by Gasteiger charge is -2.09. The average molecular weight is 406 g/mol. The zero-order valence-corrected chi connectivity index (χ0v) is 17.1. The number of amides is 1. The van der Waals surface area contributed by atoms with Crippen LogP contribution in [0.25, 0.3) is 11.3 Å². The normalized spacial score (nSPS) is 11.4. The second kappa shape index (κ2) is 7.56. The minimum Gasteiger partial charge on any atom is -0.318 e. The summed E-state index contributed by atoms with van der Waals surface area (Å²) in [5, 5.41) is 4.69. The number of hydrogen-bond donors (Lipinski definition) is 1. The van der Waals surface area contributed by atoms with Crippen LogP contribution in [0.5, 0.6) is 0 Å². The van der Waals surface area contributed by atoms with Crippen LogP contribution in [0.1, 0.15) is 33.1 Å². The number of hydrogen-bond acceptors (Lipinski definition) is 3. The van der Waals surface area contributed by atoms with Gasteiger partial charge in [-0.25, -0.2) is 10.4 Å². The average Bonchev–Trinajstić information content (AvgIpc) is 3.17. The Labute approximate surface area is 173 Å². The fourth-order valence-corrected chi connectivity index (χ4v) is 3.68. The first kappa shape index (κ1) is 19.0. The van der Waals surface area contributed by atoms with Gasteiger partial charge in [0.2, 0.25) is 0 Å².